The van der Waals surface area contributed by atoms with E-state index >= 15 is 0 Å². The van der Waals surface area contributed by atoms with Crippen LogP contribution in [0.2, 0.25) is 5.15 Å². The molecular weight excluding hydrogens is 466 g/mol. The highest BCUT2D eigenvalue weighted by Crippen LogP contribution is 2.31. The highest BCUT2D eigenvalue weighted by Gasteiger charge is 2.33. The molecule has 8 heteroatoms. The first kappa shape index (κ1) is 23.6. The first-order valence-electron chi connectivity index (χ1n) is 12.1. The number of ketones is 1. The minimum atomic E-state index is -0.438. The number of anilines is 1. The number of fused-ring (bicyclic) bond motifs is 1. The van der Waals surface area contributed by atoms with Crippen LogP contribution in [0, 0.1) is 5.92 Å². The van der Waals surface area contributed by atoms with Gasteiger partial charge in [-0.15, -0.1) is 0 Å². The number of nitrogens with one attached hydrogen (secondary N) is 1. The molecule has 2 saturated heterocycles. The van der Waals surface area contributed by atoms with Gasteiger partial charge in [0, 0.05) is 29.4 Å². The van der Waals surface area contributed by atoms with Crippen LogP contribution < -0.4 is 10.1 Å². The maximum Gasteiger partial charge on any atom is 0.291 e. The summed E-state index contributed by atoms with van der Waals surface area (Å²) < 4.78 is 11.6. The molecule has 35 heavy (non-hydrogen) atoms. The third kappa shape index (κ3) is 5.57. The van der Waals surface area contributed by atoms with Gasteiger partial charge in [0.15, 0.2) is 11.5 Å². The van der Waals surface area contributed by atoms with Gasteiger partial charge in [0.05, 0.1) is 6.61 Å². The van der Waals surface area contributed by atoms with Gasteiger partial charge < -0.3 is 14.5 Å². The molecule has 0 bridgehead atoms. The molecular formula is C27H28ClN3O4. The lowest BCUT2D eigenvalue weighted by molar-refractivity contribution is 0.0366. The van der Waals surface area contributed by atoms with E-state index < -0.39 is 5.91 Å². The number of hydrogen-bond donors (Lipinski definition) is 1. The zero-order chi connectivity index (χ0) is 24.2. The molecule has 1 N–H and O–H groups in total. The molecule has 182 valence electrons. The zero-order valence-electron chi connectivity index (χ0n) is 19.4. The minimum Gasteiger partial charge on any atom is -0.493 e. The van der Waals surface area contributed by atoms with Gasteiger partial charge in [0.1, 0.15) is 10.9 Å². The van der Waals surface area contributed by atoms with Crippen LogP contribution in [-0.2, 0) is 0 Å². The van der Waals surface area contributed by atoms with Crippen LogP contribution in [-0.4, -0.2) is 47.3 Å². The summed E-state index contributed by atoms with van der Waals surface area (Å²) in [6.07, 6.45) is 7.73. The molecule has 2 aliphatic heterocycles. The first-order valence-corrected chi connectivity index (χ1v) is 12.5. The quantitative estimate of drug-likeness (QED) is 0.348. The van der Waals surface area contributed by atoms with Crippen molar-refractivity contribution in [2.75, 3.05) is 25.0 Å². The molecule has 0 aliphatic carbocycles. The molecule has 2 aromatic heterocycles. The molecule has 2 atom stereocenters. The summed E-state index contributed by atoms with van der Waals surface area (Å²) in [5, 5.41) is 3.09. The number of furan rings is 1. The van der Waals surface area contributed by atoms with Gasteiger partial charge in [0.2, 0.25) is 5.78 Å². The number of carbonyl (C=O) groups excluding carboxylic acids is 2. The molecule has 0 spiro atoms. The van der Waals surface area contributed by atoms with Crippen molar-refractivity contribution in [3.63, 3.8) is 0 Å². The highest BCUT2D eigenvalue weighted by atomic mass is 35.5. The fraction of sp³-hybridized carbons (Fsp3) is 0.370. The number of aromatic nitrogens is 1. The fourth-order valence-corrected chi connectivity index (χ4v) is 5.15. The molecule has 7 nitrogen and oxygen atoms in total. The Hall–Kier alpha value is -3.16. The number of pyridine rings is 1. The average Bonchev–Trinajstić information content (AvgIpc) is 3.39. The molecule has 2 fully saturated rings. The van der Waals surface area contributed by atoms with Crippen molar-refractivity contribution in [3.05, 3.63) is 77.0 Å². The summed E-state index contributed by atoms with van der Waals surface area (Å²) in [4.78, 5) is 31.7. The number of amides is 1. The lowest BCUT2D eigenvalue weighted by Crippen LogP contribution is -2.49. The van der Waals surface area contributed by atoms with Crippen molar-refractivity contribution in [3.8, 4) is 5.75 Å². The van der Waals surface area contributed by atoms with Crippen molar-refractivity contribution < 1.29 is 18.7 Å². The third-order valence-corrected chi connectivity index (χ3v) is 7.07. The summed E-state index contributed by atoms with van der Waals surface area (Å²) >= 11 is 5.76. The van der Waals surface area contributed by atoms with E-state index in [1.807, 2.05) is 12.1 Å². The predicted octanol–water partition coefficient (Wildman–Crippen LogP) is 5.45. The van der Waals surface area contributed by atoms with Crippen LogP contribution in [0.1, 0.15) is 58.8 Å². The van der Waals surface area contributed by atoms with E-state index in [0.29, 0.717) is 28.4 Å². The number of rotatable bonds is 7. The Kier molecular flexibility index (Phi) is 7.16. The number of nitrogens with zero attached hydrogens (tertiary/aromatic N) is 2. The topological polar surface area (TPSA) is 84.7 Å². The minimum absolute atomic E-state index is 0.0462. The zero-order valence-corrected chi connectivity index (χ0v) is 20.2. The molecule has 3 aromatic rings. The maximum atomic E-state index is 12.6. The lowest BCUT2D eigenvalue weighted by Gasteiger charge is -2.44. The van der Waals surface area contributed by atoms with Gasteiger partial charge in [-0.25, -0.2) is 4.98 Å². The Morgan fingerprint density at radius 3 is 2.60 bits per heavy atom. The van der Waals surface area contributed by atoms with Gasteiger partial charge in [-0.2, -0.15) is 0 Å². The van der Waals surface area contributed by atoms with Crippen LogP contribution in [0.15, 0.2) is 59.1 Å². The van der Waals surface area contributed by atoms with E-state index in [-0.39, 0.29) is 17.3 Å². The molecule has 0 unspecified atom stereocenters. The number of hydrogen-bond acceptors (Lipinski definition) is 6. The Morgan fingerprint density at radius 1 is 1.00 bits per heavy atom. The highest BCUT2D eigenvalue weighted by molar-refractivity contribution is 6.29. The van der Waals surface area contributed by atoms with Crippen LogP contribution in [0.25, 0.3) is 0 Å². The van der Waals surface area contributed by atoms with E-state index in [0.717, 1.165) is 12.4 Å². The van der Waals surface area contributed by atoms with Crippen molar-refractivity contribution >= 4 is 29.0 Å². The number of halogens is 1. The number of ether oxygens (including phenoxy) is 1. The molecule has 4 heterocycles. The van der Waals surface area contributed by atoms with E-state index in [9.17, 15) is 9.59 Å². The fourth-order valence-electron chi connectivity index (χ4n) is 5.04. The van der Waals surface area contributed by atoms with E-state index in [1.165, 1.54) is 69.6 Å². The maximum absolute atomic E-state index is 12.6. The molecule has 2 aliphatic rings. The molecule has 1 amide bonds. The second-order valence-corrected chi connectivity index (χ2v) is 9.54. The van der Waals surface area contributed by atoms with Crippen molar-refractivity contribution in [2.45, 2.75) is 38.1 Å². The molecule has 0 radical (unpaired) electrons. The first-order chi connectivity index (χ1) is 17.1. The van der Waals surface area contributed by atoms with Gasteiger partial charge in [0.25, 0.3) is 5.91 Å². The SMILES string of the molecule is O=C(Nc1ccc(OC[C@@H]2CCCN3CCCC[C@H]23)cc1)c1ccc(C(=O)c2ccc(Cl)nc2)o1. The Morgan fingerprint density at radius 2 is 1.80 bits per heavy atom. The normalized spacial score (nSPS) is 20.1. The Balaban J connectivity index is 1.15. The molecule has 1 aromatic carbocycles. The van der Waals surface area contributed by atoms with Crippen molar-refractivity contribution in [1.82, 2.24) is 9.88 Å². The summed E-state index contributed by atoms with van der Waals surface area (Å²) in [7, 11) is 0. The van der Waals surface area contributed by atoms with Gasteiger partial charge in [-0.3, -0.25) is 14.5 Å². The largest absolute Gasteiger partial charge is 0.493 e. The second-order valence-electron chi connectivity index (χ2n) is 9.15. The predicted molar refractivity (Wildman–Crippen MR) is 133 cm³/mol. The van der Waals surface area contributed by atoms with Crippen LogP contribution in [0.4, 0.5) is 5.69 Å². The van der Waals surface area contributed by atoms with Gasteiger partial charge >= 0.3 is 0 Å². The van der Waals surface area contributed by atoms with E-state index in [1.54, 1.807) is 18.2 Å². The summed E-state index contributed by atoms with van der Waals surface area (Å²) in [6.45, 7) is 3.16. The number of carbonyl (C=O) groups is 2. The van der Waals surface area contributed by atoms with Crippen LogP contribution >= 0.6 is 11.6 Å². The smallest absolute Gasteiger partial charge is 0.291 e. The standard InChI is InChI=1S/C27H28ClN3O4/c28-25-13-6-18(16-29-25)26(32)23-11-12-24(35-23)27(33)30-20-7-9-21(10-8-20)34-17-19-4-3-15-31-14-2-1-5-22(19)31/h6-13,16,19,22H,1-5,14-15,17H2,(H,30,33)/t19-,22+/m0/s1. The molecule has 5 rings (SSSR count). The third-order valence-electron chi connectivity index (χ3n) is 6.85. The number of piperidine rings is 2. The Labute approximate surface area is 209 Å². The van der Waals surface area contributed by atoms with Crippen LogP contribution in [0.3, 0.4) is 0 Å². The monoisotopic (exact) mass is 493 g/mol. The van der Waals surface area contributed by atoms with E-state index in [2.05, 4.69) is 15.2 Å². The van der Waals surface area contributed by atoms with Gasteiger partial charge in [-0.05, 0) is 87.3 Å². The Bertz CT molecular complexity index is 1170. The molecule has 0 saturated carbocycles. The van der Waals surface area contributed by atoms with Crippen molar-refractivity contribution in [1.29, 1.82) is 0 Å². The summed E-state index contributed by atoms with van der Waals surface area (Å²) in [5.41, 5.74) is 0.945. The summed E-state index contributed by atoms with van der Waals surface area (Å²) in [6, 6.07) is 14.0. The second kappa shape index (κ2) is 10.6. The van der Waals surface area contributed by atoms with Gasteiger partial charge in [-0.1, -0.05) is 18.0 Å². The lowest BCUT2D eigenvalue weighted by atomic mass is 9.84. The van der Waals surface area contributed by atoms with E-state index in [4.69, 9.17) is 20.8 Å². The average molecular weight is 494 g/mol. The van der Waals surface area contributed by atoms with Crippen molar-refractivity contribution in [2.24, 2.45) is 5.92 Å². The summed E-state index contributed by atoms with van der Waals surface area (Å²) in [5.74, 6) is 0.657. The van der Waals surface area contributed by atoms with Crippen LogP contribution in [0.5, 0.6) is 5.75 Å². The number of benzene rings is 1.